The molecule has 0 saturated carbocycles. The zero-order valence-electron chi connectivity index (χ0n) is 11.1. The number of amides is 1. The fourth-order valence-corrected chi connectivity index (χ4v) is 2.85. The van der Waals surface area contributed by atoms with Crippen LogP contribution >= 0.6 is 15.9 Å². The van der Waals surface area contributed by atoms with Gasteiger partial charge in [-0.3, -0.25) is 4.79 Å². The lowest BCUT2D eigenvalue weighted by Gasteiger charge is -2.11. The third-order valence-electron chi connectivity index (χ3n) is 3.58. The molecule has 104 valence electrons. The molecular weight excluding hydrogens is 318 g/mol. The van der Waals surface area contributed by atoms with Crippen LogP contribution in [0.2, 0.25) is 0 Å². The molecule has 0 radical (unpaired) electrons. The van der Waals surface area contributed by atoms with Gasteiger partial charge in [0.05, 0.1) is 6.10 Å². The van der Waals surface area contributed by atoms with Gasteiger partial charge in [-0.05, 0) is 47.9 Å². The van der Waals surface area contributed by atoms with Gasteiger partial charge in [0.25, 0.3) is 5.91 Å². The Hall–Kier alpha value is -1.39. The molecule has 1 aliphatic heterocycles. The molecule has 20 heavy (non-hydrogen) atoms. The van der Waals surface area contributed by atoms with Crippen LogP contribution in [-0.2, 0) is 4.74 Å². The summed E-state index contributed by atoms with van der Waals surface area (Å²) in [4.78, 5) is 12.1. The smallest absolute Gasteiger partial charge is 0.251 e. The molecule has 1 amide bonds. The Labute approximate surface area is 126 Å². The van der Waals surface area contributed by atoms with Crippen molar-refractivity contribution in [2.24, 2.45) is 0 Å². The van der Waals surface area contributed by atoms with Gasteiger partial charge in [-0.2, -0.15) is 0 Å². The van der Waals surface area contributed by atoms with Crippen molar-refractivity contribution in [2.45, 2.75) is 18.9 Å². The van der Waals surface area contributed by atoms with Gasteiger partial charge in [-0.15, -0.1) is 0 Å². The van der Waals surface area contributed by atoms with E-state index in [1.54, 1.807) is 0 Å². The number of carbonyl (C=O) groups excluding carboxylic acids is 1. The minimum atomic E-state index is -0.0367. The summed E-state index contributed by atoms with van der Waals surface area (Å²) in [5.41, 5.74) is 0.692. The summed E-state index contributed by atoms with van der Waals surface area (Å²) in [6.45, 7) is 1.41. The molecule has 1 heterocycles. The van der Waals surface area contributed by atoms with E-state index in [1.165, 1.54) is 0 Å². The van der Waals surface area contributed by atoms with E-state index in [2.05, 4.69) is 21.2 Å². The number of halogens is 1. The number of nitrogens with one attached hydrogen (secondary N) is 1. The number of hydrogen-bond donors (Lipinski definition) is 1. The molecule has 0 spiro atoms. The molecule has 1 N–H and O–H groups in total. The SMILES string of the molecule is O=C(NCC1CCCO1)c1ccc2cc(Br)ccc2c1. The largest absolute Gasteiger partial charge is 0.376 e. The van der Waals surface area contributed by atoms with Gasteiger partial charge in [0.1, 0.15) is 0 Å². The summed E-state index contributed by atoms with van der Waals surface area (Å²) >= 11 is 3.45. The van der Waals surface area contributed by atoms with Gasteiger partial charge in [-0.25, -0.2) is 0 Å². The van der Waals surface area contributed by atoms with E-state index in [1.807, 2.05) is 36.4 Å². The first-order valence-electron chi connectivity index (χ1n) is 6.81. The number of hydrogen-bond acceptors (Lipinski definition) is 2. The van der Waals surface area contributed by atoms with Gasteiger partial charge in [0.15, 0.2) is 0 Å². The van der Waals surface area contributed by atoms with Crippen molar-refractivity contribution in [3.8, 4) is 0 Å². The first kappa shape index (κ1) is 13.6. The van der Waals surface area contributed by atoms with Crippen LogP contribution in [-0.4, -0.2) is 25.2 Å². The first-order chi connectivity index (χ1) is 9.72. The first-order valence-corrected chi connectivity index (χ1v) is 7.61. The van der Waals surface area contributed by atoms with Crippen molar-refractivity contribution < 1.29 is 9.53 Å². The van der Waals surface area contributed by atoms with Crippen molar-refractivity contribution in [1.29, 1.82) is 0 Å². The van der Waals surface area contributed by atoms with Crippen LogP contribution in [0.4, 0.5) is 0 Å². The lowest BCUT2D eigenvalue weighted by Crippen LogP contribution is -2.31. The Morgan fingerprint density at radius 1 is 1.25 bits per heavy atom. The zero-order chi connectivity index (χ0) is 13.9. The van der Waals surface area contributed by atoms with Crippen LogP contribution in [0, 0.1) is 0 Å². The molecule has 3 rings (SSSR count). The Morgan fingerprint density at radius 2 is 2.05 bits per heavy atom. The molecule has 1 saturated heterocycles. The van der Waals surface area contributed by atoms with E-state index in [9.17, 15) is 4.79 Å². The second-order valence-electron chi connectivity index (χ2n) is 5.05. The highest BCUT2D eigenvalue weighted by Gasteiger charge is 2.16. The minimum absolute atomic E-state index is 0.0367. The normalized spacial score (nSPS) is 18.4. The van der Waals surface area contributed by atoms with Crippen LogP contribution in [0.15, 0.2) is 40.9 Å². The molecule has 4 heteroatoms. The Morgan fingerprint density at radius 3 is 2.85 bits per heavy atom. The van der Waals surface area contributed by atoms with E-state index in [-0.39, 0.29) is 12.0 Å². The van der Waals surface area contributed by atoms with Gasteiger partial charge in [0.2, 0.25) is 0 Å². The highest BCUT2D eigenvalue weighted by Crippen LogP contribution is 2.21. The summed E-state index contributed by atoms with van der Waals surface area (Å²) in [6, 6.07) is 11.8. The number of fused-ring (bicyclic) bond motifs is 1. The lowest BCUT2D eigenvalue weighted by molar-refractivity contribution is 0.0858. The number of carbonyl (C=O) groups is 1. The number of ether oxygens (including phenoxy) is 1. The van der Waals surface area contributed by atoms with Crippen molar-refractivity contribution >= 4 is 32.6 Å². The molecule has 1 unspecified atom stereocenters. The molecule has 0 aliphatic carbocycles. The predicted molar refractivity (Wildman–Crippen MR) is 83.0 cm³/mol. The second-order valence-corrected chi connectivity index (χ2v) is 5.97. The second kappa shape index (κ2) is 5.94. The van der Waals surface area contributed by atoms with Gasteiger partial charge in [0, 0.05) is 23.2 Å². The molecular formula is C16H16BrNO2. The van der Waals surface area contributed by atoms with Crippen molar-refractivity contribution in [3.63, 3.8) is 0 Å². The van der Waals surface area contributed by atoms with Crippen molar-refractivity contribution in [3.05, 3.63) is 46.4 Å². The summed E-state index contributed by atoms with van der Waals surface area (Å²) < 4.78 is 6.54. The Bertz CT molecular complexity index is 635. The predicted octanol–water partition coefficient (Wildman–Crippen LogP) is 3.51. The summed E-state index contributed by atoms with van der Waals surface area (Å²) in [7, 11) is 0. The van der Waals surface area contributed by atoms with E-state index in [0.717, 1.165) is 34.7 Å². The monoisotopic (exact) mass is 333 g/mol. The fraction of sp³-hybridized carbons (Fsp3) is 0.312. The summed E-state index contributed by atoms with van der Waals surface area (Å²) in [5.74, 6) is -0.0367. The van der Waals surface area contributed by atoms with Gasteiger partial charge < -0.3 is 10.1 Å². The summed E-state index contributed by atoms with van der Waals surface area (Å²) in [5, 5.41) is 5.13. The molecule has 0 bridgehead atoms. The molecule has 1 atom stereocenters. The molecule has 1 aliphatic rings. The minimum Gasteiger partial charge on any atom is -0.376 e. The standard InChI is InChI=1S/C16H16BrNO2/c17-14-6-5-11-8-13(4-3-12(11)9-14)16(19)18-10-15-2-1-7-20-15/h3-6,8-9,15H,1-2,7,10H2,(H,18,19). The van der Waals surface area contributed by atoms with Gasteiger partial charge in [-0.1, -0.05) is 28.1 Å². The number of rotatable bonds is 3. The van der Waals surface area contributed by atoms with E-state index in [0.29, 0.717) is 12.1 Å². The third kappa shape index (κ3) is 3.02. The van der Waals surface area contributed by atoms with Gasteiger partial charge >= 0.3 is 0 Å². The maximum absolute atomic E-state index is 12.1. The van der Waals surface area contributed by atoms with Crippen LogP contribution in [0.25, 0.3) is 10.8 Å². The fourth-order valence-electron chi connectivity index (χ4n) is 2.47. The highest BCUT2D eigenvalue weighted by atomic mass is 79.9. The summed E-state index contributed by atoms with van der Waals surface area (Å²) in [6.07, 6.45) is 2.30. The van der Waals surface area contributed by atoms with E-state index < -0.39 is 0 Å². The molecule has 3 nitrogen and oxygen atoms in total. The van der Waals surface area contributed by atoms with Crippen LogP contribution in [0.1, 0.15) is 23.2 Å². The molecule has 2 aromatic rings. The molecule has 2 aromatic carbocycles. The quantitative estimate of drug-likeness (QED) is 0.933. The Balaban J connectivity index is 1.72. The highest BCUT2D eigenvalue weighted by molar-refractivity contribution is 9.10. The van der Waals surface area contributed by atoms with Crippen LogP contribution in [0.5, 0.6) is 0 Å². The maximum atomic E-state index is 12.1. The maximum Gasteiger partial charge on any atom is 0.251 e. The average molecular weight is 334 g/mol. The third-order valence-corrected chi connectivity index (χ3v) is 4.07. The molecule has 1 fully saturated rings. The lowest BCUT2D eigenvalue weighted by atomic mass is 10.1. The average Bonchev–Trinajstić information content (AvgIpc) is 2.97. The van der Waals surface area contributed by atoms with E-state index >= 15 is 0 Å². The Kier molecular flexibility index (Phi) is 4.03. The van der Waals surface area contributed by atoms with Crippen molar-refractivity contribution in [1.82, 2.24) is 5.32 Å². The van der Waals surface area contributed by atoms with Crippen molar-refractivity contribution in [2.75, 3.05) is 13.2 Å². The van der Waals surface area contributed by atoms with E-state index in [4.69, 9.17) is 4.74 Å². The number of benzene rings is 2. The van der Waals surface area contributed by atoms with Crippen LogP contribution < -0.4 is 5.32 Å². The topological polar surface area (TPSA) is 38.3 Å². The van der Waals surface area contributed by atoms with Crippen LogP contribution in [0.3, 0.4) is 0 Å². The molecule has 0 aromatic heterocycles. The zero-order valence-corrected chi connectivity index (χ0v) is 12.7.